The second-order valence-corrected chi connectivity index (χ2v) is 12.2. The predicted molar refractivity (Wildman–Crippen MR) is 130 cm³/mol. The molecule has 4 nitrogen and oxygen atoms in total. The van der Waals surface area contributed by atoms with E-state index in [0.717, 1.165) is 24.1 Å². The van der Waals surface area contributed by atoms with E-state index < -0.39 is 13.2 Å². The first-order valence-corrected chi connectivity index (χ1v) is 13.1. The molecule has 0 saturated heterocycles. The van der Waals surface area contributed by atoms with Crippen molar-refractivity contribution >= 4 is 18.4 Å². The van der Waals surface area contributed by atoms with Crippen molar-refractivity contribution in [3.05, 3.63) is 59.7 Å². The number of benzene rings is 2. The average molecular weight is 444 g/mol. The Kier molecular flexibility index (Phi) is 7.68. The van der Waals surface area contributed by atoms with Crippen LogP contribution in [0.3, 0.4) is 0 Å². The van der Waals surface area contributed by atoms with Crippen LogP contribution in [0.25, 0.3) is 0 Å². The van der Waals surface area contributed by atoms with Gasteiger partial charge in [-0.15, -0.1) is 0 Å². The molecule has 170 valence electrons. The van der Waals surface area contributed by atoms with Crippen molar-refractivity contribution in [2.75, 3.05) is 19.0 Å². The molecular weight excluding hydrogens is 405 g/mol. The molecule has 0 radical (unpaired) electrons. The molecule has 5 heteroatoms. The Labute approximate surface area is 188 Å². The highest BCUT2D eigenvalue weighted by Crippen LogP contribution is 2.60. The topological polar surface area (TPSA) is 49.8 Å². The van der Waals surface area contributed by atoms with Gasteiger partial charge in [-0.25, -0.2) is 0 Å². The highest BCUT2D eigenvalue weighted by Gasteiger charge is 2.42. The van der Waals surface area contributed by atoms with Crippen LogP contribution in [-0.2, 0) is 9.09 Å². The van der Waals surface area contributed by atoms with E-state index in [1.165, 1.54) is 6.42 Å². The molecule has 5 atom stereocenters. The fourth-order valence-corrected chi connectivity index (χ4v) is 6.88. The van der Waals surface area contributed by atoms with Crippen molar-refractivity contribution in [2.45, 2.75) is 58.9 Å². The summed E-state index contributed by atoms with van der Waals surface area (Å²) in [6.07, 6.45) is 3.00. The molecule has 31 heavy (non-hydrogen) atoms. The van der Waals surface area contributed by atoms with E-state index in [4.69, 9.17) is 4.52 Å². The summed E-state index contributed by atoms with van der Waals surface area (Å²) in [6.45, 7) is 8.66. The molecule has 1 aliphatic rings. The number of hydrogen-bond acceptors (Lipinski definition) is 4. The van der Waals surface area contributed by atoms with Crippen LogP contribution in [0.2, 0.25) is 0 Å². The number of hydrogen-bond donors (Lipinski definition) is 1. The molecule has 2 aromatic carbocycles. The molecule has 0 aromatic heterocycles. The lowest BCUT2D eigenvalue weighted by atomic mass is 9.75. The number of anilines is 1. The molecule has 1 saturated carbocycles. The number of aliphatic hydroxyl groups is 1. The third kappa shape index (κ3) is 5.42. The zero-order valence-corrected chi connectivity index (χ0v) is 20.7. The van der Waals surface area contributed by atoms with Gasteiger partial charge in [0, 0.05) is 25.1 Å². The van der Waals surface area contributed by atoms with Crippen molar-refractivity contribution in [3.8, 4) is 0 Å². The number of aliphatic hydroxyl groups excluding tert-OH is 1. The van der Waals surface area contributed by atoms with Gasteiger partial charge in [0.05, 0.1) is 6.10 Å². The predicted octanol–water partition coefficient (Wildman–Crippen LogP) is 6.13. The third-order valence-electron chi connectivity index (χ3n) is 6.68. The van der Waals surface area contributed by atoms with Crippen molar-refractivity contribution < 1.29 is 14.2 Å². The maximum Gasteiger partial charge on any atom is 0.264 e. The van der Waals surface area contributed by atoms with E-state index in [1.807, 2.05) is 74.4 Å². The Balaban J connectivity index is 2.02. The minimum atomic E-state index is -3.58. The molecule has 1 aliphatic carbocycles. The molecule has 0 bridgehead atoms. The smallest absolute Gasteiger partial charge is 0.264 e. The van der Waals surface area contributed by atoms with Crippen LogP contribution in [0.5, 0.6) is 0 Å². The zero-order chi connectivity index (χ0) is 22.8. The van der Waals surface area contributed by atoms with E-state index in [2.05, 4.69) is 20.8 Å². The van der Waals surface area contributed by atoms with Crippen molar-refractivity contribution in [1.29, 1.82) is 0 Å². The van der Waals surface area contributed by atoms with Gasteiger partial charge in [-0.2, -0.15) is 0 Å². The first kappa shape index (κ1) is 24.0. The second kappa shape index (κ2) is 9.90. The van der Waals surface area contributed by atoms with Crippen LogP contribution in [0.1, 0.15) is 57.0 Å². The Bertz CT molecular complexity index is 892. The van der Waals surface area contributed by atoms with Gasteiger partial charge in [0.2, 0.25) is 0 Å². The Morgan fingerprint density at radius 3 is 2.19 bits per heavy atom. The summed E-state index contributed by atoms with van der Waals surface area (Å²) in [7, 11) is 0.365. The van der Waals surface area contributed by atoms with Crippen LogP contribution in [-0.4, -0.2) is 25.3 Å². The standard InChI is InChI=1S/C26H38NO3P/c1-18(2)24-16-9-20(4)17-25(24)30-31(29,23-14-12-22(13-15-23)27(5)6)26(28)21-10-7-19(3)8-11-21/h7-8,10-15,18,20,24-26,28H,9,16-17H2,1-6H3/t20-,24+,25-,26-,31-/m1/s1. The van der Waals surface area contributed by atoms with Gasteiger partial charge in [-0.05, 0) is 67.3 Å². The number of rotatable bonds is 7. The zero-order valence-electron chi connectivity index (χ0n) is 19.8. The van der Waals surface area contributed by atoms with Crippen molar-refractivity contribution in [1.82, 2.24) is 0 Å². The number of aryl methyl sites for hydroxylation is 1. The molecule has 0 spiro atoms. The van der Waals surface area contributed by atoms with Crippen LogP contribution < -0.4 is 10.2 Å². The molecule has 1 N–H and O–H groups in total. The van der Waals surface area contributed by atoms with Crippen LogP contribution in [0.15, 0.2) is 48.5 Å². The molecule has 0 unspecified atom stereocenters. The maximum absolute atomic E-state index is 14.5. The first-order valence-electron chi connectivity index (χ1n) is 11.4. The summed E-state index contributed by atoms with van der Waals surface area (Å²) in [5, 5.41) is 12.0. The Morgan fingerprint density at radius 1 is 1.03 bits per heavy atom. The molecule has 0 amide bonds. The van der Waals surface area contributed by atoms with Gasteiger partial charge in [0.15, 0.2) is 5.85 Å². The van der Waals surface area contributed by atoms with E-state index in [1.54, 1.807) is 0 Å². The lowest BCUT2D eigenvalue weighted by Gasteiger charge is -2.40. The largest absolute Gasteiger partial charge is 0.378 e. The highest BCUT2D eigenvalue weighted by atomic mass is 31.2. The quantitative estimate of drug-likeness (QED) is 0.523. The molecule has 3 rings (SSSR count). The third-order valence-corrected chi connectivity index (χ3v) is 9.22. The summed E-state index contributed by atoms with van der Waals surface area (Å²) in [5.41, 5.74) is 2.75. The van der Waals surface area contributed by atoms with E-state index >= 15 is 0 Å². The lowest BCUT2D eigenvalue weighted by molar-refractivity contribution is 0.0427. The van der Waals surface area contributed by atoms with Crippen molar-refractivity contribution in [2.24, 2.45) is 17.8 Å². The monoisotopic (exact) mass is 443 g/mol. The van der Waals surface area contributed by atoms with Gasteiger partial charge in [0.1, 0.15) is 0 Å². The average Bonchev–Trinajstić information content (AvgIpc) is 2.73. The summed E-state index contributed by atoms with van der Waals surface area (Å²) < 4.78 is 21.1. The maximum atomic E-state index is 14.5. The van der Waals surface area contributed by atoms with E-state index in [9.17, 15) is 9.67 Å². The van der Waals surface area contributed by atoms with Gasteiger partial charge >= 0.3 is 0 Å². The fourth-order valence-electron chi connectivity index (χ4n) is 4.59. The fraction of sp³-hybridized carbons (Fsp3) is 0.538. The second-order valence-electron chi connectivity index (χ2n) is 9.76. The van der Waals surface area contributed by atoms with Crippen LogP contribution in [0, 0.1) is 24.7 Å². The molecule has 2 aromatic rings. The highest BCUT2D eigenvalue weighted by molar-refractivity contribution is 7.67. The molecular formula is C26H38NO3P. The summed E-state index contributed by atoms with van der Waals surface area (Å²) >= 11 is 0. The minimum absolute atomic E-state index is 0.122. The van der Waals surface area contributed by atoms with E-state index in [0.29, 0.717) is 28.6 Å². The first-order chi connectivity index (χ1) is 14.6. The Morgan fingerprint density at radius 2 is 1.65 bits per heavy atom. The summed E-state index contributed by atoms with van der Waals surface area (Å²) in [4.78, 5) is 2.00. The number of nitrogens with zero attached hydrogens (tertiary/aromatic N) is 1. The van der Waals surface area contributed by atoms with Gasteiger partial charge in [0.25, 0.3) is 7.37 Å². The Hall–Kier alpha value is -1.61. The van der Waals surface area contributed by atoms with Gasteiger partial charge < -0.3 is 14.5 Å². The minimum Gasteiger partial charge on any atom is -0.378 e. The SMILES string of the molecule is Cc1ccc([C@H](O)[P@](=O)(O[C@@H]2C[C@H](C)CC[C@H]2C(C)C)c2ccc(N(C)C)cc2)cc1. The molecule has 0 aliphatic heterocycles. The van der Waals surface area contributed by atoms with Crippen LogP contribution >= 0.6 is 7.37 Å². The summed E-state index contributed by atoms with van der Waals surface area (Å²) in [6, 6.07) is 15.2. The van der Waals surface area contributed by atoms with Gasteiger partial charge in [-0.1, -0.05) is 57.0 Å². The molecule has 0 heterocycles. The lowest BCUT2D eigenvalue weighted by Crippen LogP contribution is -2.35. The van der Waals surface area contributed by atoms with Crippen LogP contribution in [0.4, 0.5) is 5.69 Å². The summed E-state index contributed by atoms with van der Waals surface area (Å²) in [5.74, 6) is 0.124. The van der Waals surface area contributed by atoms with Gasteiger partial charge in [-0.3, -0.25) is 4.57 Å². The normalized spacial score (nSPS) is 24.6. The van der Waals surface area contributed by atoms with E-state index in [-0.39, 0.29) is 6.10 Å². The van der Waals surface area contributed by atoms with Crippen molar-refractivity contribution in [3.63, 3.8) is 0 Å². The molecule has 1 fully saturated rings.